The molecule has 22 heavy (non-hydrogen) atoms. The van der Waals surface area contributed by atoms with Crippen molar-refractivity contribution in [2.75, 3.05) is 6.61 Å². The largest absolute Gasteiger partial charge is 0.458 e. The van der Waals surface area contributed by atoms with E-state index >= 15 is 0 Å². The van der Waals surface area contributed by atoms with Gasteiger partial charge in [0.1, 0.15) is 29.6 Å². The minimum absolute atomic E-state index is 0.221. The van der Waals surface area contributed by atoms with Gasteiger partial charge in [0.15, 0.2) is 5.75 Å². The molecule has 3 rings (SSSR count). The zero-order chi connectivity index (χ0) is 15.9. The van der Waals surface area contributed by atoms with Crippen LogP contribution in [0, 0.1) is 0 Å². The molecule has 2 aromatic rings. The summed E-state index contributed by atoms with van der Waals surface area (Å²) in [5.74, 6) is 0.265. The molecule has 1 aliphatic heterocycles. The molecule has 5 N–H and O–H groups in total. The Kier molecular flexibility index (Phi) is 4.26. The fraction of sp³-hybridized carbons (Fsp3) is 0.429. The lowest BCUT2D eigenvalue weighted by molar-refractivity contribution is -0.277. The van der Waals surface area contributed by atoms with Crippen molar-refractivity contribution in [3.8, 4) is 5.75 Å². The van der Waals surface area contributed by atoms with Crippen LogP contribution in [0.4, 0.5) is 0 Å². The number of aromatic amines is 1. The van der Waals surface area contributed by atoms with Gasteiger partial charge in [-0.05, 0) is 12.1 Å². The van der Waals surface area contributed by atoms with Gasteiger partial charge in [0, 0.05) is 5.39 Å². The Morgan fingerprint density at radius 3 is 2.59 bits per heavy atom. The predicted molar refractivity (Wildman–Crippen MR) is 77.7 cm³/mol. The molecule has 0 spiro atoms. The quantitative estimate of drug-likeness (QED) is 0.541. The highest BCUT2D eigenvalue weighted by Gasteiger charge is 2.45. The van der Waals surface area contributed by atoms with E-state index in [4.69, 9.17) is 21.1 Å². The molecule has 0 aliphatic carbocycles. The molecule has 1 saturated heterocycles. The minimum atomic E-state index is -1.50. The van der Waals surface area contributed by atoms with Crippen molar-refractivity contribution in [1.82, 2.24) is 4.98 Å². The number of H-pyrrole nitrogens is 1. The number of benzene rings is 1. The standard InChI is InChI=1S/C14H16ClNO6/c15-13-12(6-3-1-2-4-7(6)16-13)22-14-11(20)10(19)9(18)8(5-17)21-14/h1-4,8-11,14,16-20H,5H2/t8-,9-,10+,11-,14+/m1/s1. The van der Waals surface area contributed by atoms with Gasteiger partial charge >= 0.3 is 0 Å². The lowest BCUT2D eigenvalue weighted by Gasteiger charge is -2.39. The zero-order valence-electron chi connectivity index (χ0n) is 11.4. The average molecular weight is 330 g/mol. The van der Waals surface area contributed by atoms with Crippen molar-refractivity contribution in [1.29, 1.82) is 0 Å². The number of nitrogens with one attached hydrogen (secondary N) is 1. The van der Waals surface area contributed by atoms with Gasteiger partial charge in [0.05, 0.1) is 12.1 Å². The Labute approximate surface area is 130 Å². The first kappa shape index (κ1) is 15.5. The van der Waals surface area contributed by atoms with E-state index in [1.165, 1.54) is 0 Å². The first-order valence-electron chi connectivity index (χ1n) is 6.76. The summed E-state index contributed by atoms with van der Waals surface area (Å²) in [4.78, 5) is 2.92. The molecule has 0 unspecified atom stereocenters. The van der Waals surface area contributed by atoms with Gasteiger partial charge in [-0.3, -0.25) is 0 Å². The normalized spacial score (nSPS) is 32.3. The first-order valence-corrected chi connectivity index (χ1v) is 7.14. The number of aliphatic hydroxyl groups is 4. The number of halogens is 1. The number of para-hydroxylation sites is 1. The number of aromatic nitrogens is 1. The number of ether oxygens (including phenoxy) is 2. The number of hydrogen-bond acceptors (Lipinski definition) is 6. The van der Waals surface area contributed by atoms with Crippen LogP contribution in [0.25, 0.3) is 10.9 Å². The van der Waals surface area contributed by atoms with Crippen LogP contribution >= 0.6 is 11.6 Å². The summed E-state index contributed by atoms with van der Waals surface area (Å²) in [6, 6.07) is 7.21. The highest BCUT2D eigenvalue weighted by Crippen LogP contribution is 2.35. The number of fused-ring (bicyclic) bond motifs is 1. The van der Waals surface area contributed by atoms with Gasteiger partial charge in [0.25, 0.3) is 0 Å². The van der Waals surface area contributed by atoms with Crippen LogP contribution in [0.1, 0.15) is 0 Å². The number of rotatable bonds is 3. The number of hydrogen-bond donors (Lipinski definition) is 5. The Morgan fingerprint density at radius 2 is 1.86 bits per heavy atom. The third-order valence-corrected chi connectivity index (χ3v) is 3.96. The lowest BCUT2D eigenvalue weighted by atomic mass is 9.99. The molecule has 120 valence electrons. The van der Waals surface area contributed by atoms with E-state index in [2.05, 4.69) is 4.98 Å². The van der Waals surface area contributed by atoms with Crippen molar-refractivity contribution in [2.45, 2.75) is 30.7 Å². The Hall–Kier alpha value is -1.35. The predicted octanol–water partition coefficient (Wildman–Crippen LogP) is -0.000000000000000278. The molecular weight excluding hydrogens is 314 g/mol. The molecule has 0 saturated carbocycles. The molecule has 8 heteroatoms. The second kappa shape index (κ2) is 6.04. The monoisotopic (exact) mass is 329 g/mol. The van der Waals surface area contributed by atoms with E-state index in [1.807, 2.05) is 6.07 Å². The van der Waals surface area contributed by atoms with Gasteiger partial charge in [-0.1, -0.05) is 23.7 Å². The second-order valence-corrected chi connectivity index (χ2v) is 5.51. The first-order chi connectivity index (χ1) is 10.5. The maximum absolute atomic E-state index is 9.99. The lowest BCUT2D eigenvalue weighted by Crippen LogP contribution is -2.60. The fourth-order valence-electron chi connectivity index (χ4n) is 2.48. The summed E-state index contributed by atoms with van der Waals surface area (Å²) >= 11 is 6.09. The molecule has 7 nitrogen and oxygen atoms in total. The summed E-state index contributed by atoms with van der Waals surface area (Å²) < 4.78 is 10.9. The molecule has 1 aliphatic rings. The van der Waals surface area contributed by atoms with E-state index in [9.17, 15) is 20.4 Å². The molecule has 1 fully saturated rings. The molecule has 2 heterocycles. The molecule has 0 radical (unpaired) electrons. The summed E-state index contributed by atoms with van der Waals surface area (Å²) in [7, 11) is 0. The molecule has 1 aromatic heterocycles. The van der Waals surface area contributed by atoms with Crippen LogP contribution in [0.2, 0.25) is 5.15 Å². The third kappa shape index (κ3) is 2.56. The number of aliphatic hydroxyl groups excluding tert-OH is 4. The smallest absolute Gasteiger partial charge is 0.229 e. The minimum Gasteiger partial charge on any atom is -0.458 e. The van der Waals surface area contributed by atoms with Gasteiger partial charge in [-0.25, -0.2) is 0 Å². The highest BCUT2D eigenvalue weighted by atomic mass is 35.5. The van der Waals surface area contributed by atoms with Crippen LogP contribution in [0.5, 0.6) is 5.75 Å². The molecule has 5 atom stereocenters. The summed E-state index contributed by atoms with van der Waals surface area (Å²) in [5, 5.41) is 39.6. The summed E-state index contributed by atoms with van der Waals surface area (Å²) in [6.07, 6.45) is -6.72. The van der Waals surface area contributed by atoms with Crippen molar-refractivity contribution < 1.29 is 29.9 Å². The Bertz CT molecular complexity index is 660. The molecule has 0 bridgehead atoms. The van der Waals surface area contributed by atoms with Gasteiger partial charge < -0.3 is 34.9 Å². The van der Waals surface area contributed by atoms with Crippen molar-refractivity contribution in [3.05, 3.63) is 29.4 Å². The van der Waals surface area contributed by atoms with Crippen LogP contribution < -0.4 is 4.74 Å². The van der Waals surface area contributed by atoms with Gasteiger partial charge in [-0.15, -0.1) is 0 Å². The topological polar surface area (TPSA) is 115 Å². The zero-order valence-corrected chi connectivity index (χ0v) is 12.1. The van der Waals surface area contributed by atoms with Crippen LogP contribution in [-0.4, -0.2) is 62.7 Å². The highest BCUT2D eigenvalue weighted by molar-refractivity contribution is 6.32. The maximum atomic E-state index is 9.99. The average Bonchev–Trinajstić information content (AvgIpc) is 2.83. The van der Waals surface area contributed by atoms with E-state index in [1.54, 1.807) is 18.2 Å². The molecular formula is C14H16ClNO6. The van der Waals surface area contributed by atoms with Crippen molar-refractivity contribution in [2.24, 2.45) is 0 Å². The molecule has 1 aromatic carbocycles. The van der Waals surface area contributed by atoms with Crippen LogP contribution in [-0.2, 0) is 4.74 Å². The SMILES string of the molecule is OC[C@H]1O[C@@H](Oc2c(Cl)[nH]c3ccccc23)[C@H](O)[C@@H](O)[C@@H]1O. The van der Waals surface area contributed by atoms with Crippen molar-refractivity contribution >= 4 is 22.5 Å². The van der Waals surface area contributed by atoms with Crippen molar-refractivity contribution in [3.63, 3.8) is 0 Å². The second-order valence-electron chi connectivity index (χ2n) is 5.13. The van der Waals surface area contributed by atoms with E-state index in [-0.39, 0.29) is 10.9 Å². The van der Waals surface area contributed by atoms with Gasteiger partial charge in [0.2, 0.25) is 6.29 Å². The van der Waals surface area contributed by atoms with E-state index in [0.29, 0.717) is 5.39 Å². The summed E-state index contributed by atoms with van der Waals surface area (Å²) in [6.45, 7) is -0.521. The van der Waals surface area contributed by atoms with E-state index < -0.39 is 37.3 Å². The van der Waals surface area contributed by atoms with Gasteiger partial charge in [-0.2, -0.15) is 0 Å². The summed E-state index contributed by atoms with van der Waals surface area (Å²) in [5.41, 5.74) is 0.743. The third-order valence-electron chi connectivity index (χ3n) is 3.70. The fourth-order valence-corrected chi connectivity index (χ4v) is 2.73. The van der Waals surface area contributed by atoms with Crippen LogP contribution in [0.3, 0.4) is 0 Å². The Morgan fingerprint density at radius 1 is 1.14 bits per heavy atom. The van der Waals surface area contributed by atoms with Crippen LogP contribution in [0.15, 0.2) is 24.3 Å². The maximum Gasteiger partial charge on any atom is 0.229 e. The van der Waals surface area contributed by atoms with E-state index in [0.717, 1.165) is 5.52 Å². The molecule has 0 amide bonds. The Balaban J connectivity index is 1.89.